The van der Waals surface area contributed by atoms with E-state index < -0.39 is 6.10 Å². The molecule has 0 N–H and O–H groups in total. The van der Waals surface area contributed by atoms with E-state index in [9.17, 15) is 4.79 Å². The van der Waals surface area contributed by atoms with Crippen LogP contribution < -0.4 is 4.74 Å². The number of carbonyl (C=O) groups is 1. The number of carbonyl (C=O) groups excluding carboxylic acids is 1. The Morgan fingerprint density at radius 2 is 2.04 bits per heavy atom. The van der Waals surface area contributed by atoms with E-state index in [0.29, 0.717) is 22.7 Å². The first kappa shape index (κ1) is 13.0. The van der Waals surface area contributed by atoms with Crippen molar-refractivity contribution < 1.29 is 14.3 Å². The molecule has 2 aliphatic heterocycles. The van der Waals surface area contributed by atoms with Crippen molar-refractivity contribution in [3.63, 3.8) is 0 Å². The van der Waals surface area contributed by atoms with Crippen molar-refractivity contribution in [1.29, 1.82) is 0 Å². The Morgan fingerprint density at radius 1 is 1.13 bits per heavy atom. The van der Waals surface area contributed by atoms with Gasteiger partial charge in [-0.05, 0) is 29.7 Å². The lowest BCUT2D eigenvalue weighted by Crippen LogP contribution is -2.35. The highest BCUT2D eigenvalue weighted by Crippen LogP contribution is 2.39. The molecule has 0 aliphatic carbocycles. The van der Waals surface area contributed by atoms with Crippen molar-refractivity contribution in [2.75, 3.05) is 6.79 Å². The second kappa shape index (κ2) is 4.75. The van der Waals surface area contributed by atoms with Crippen LogP contribution in [0.4, 0.5) is 5.69 Å². The molecule has 5 heteroatoms. The molecule has 0 spiro atoms. The van der Waals surface area contributed by atoms with E-state index in [4.69, 9.17) is 14.5 Å². The number of nitrogens with zero attached hydrogens (tertiary/aromatic N) is 1. The van der Waals surface area contributed by atoms with Crippen molar-refractivity contribution in [3.05, 3.63) is 59.0 Å². The minimum Gasteiger partial charge on any atom is -0.467 e. The van der Waals surface area contributed by atoms with Gasteiger partial charge in [0, 0.05) is 4.70 Å². The summed E-state index contributed by atoms with van der Waals surface area (Å²) < 4.78 is 12.4. The number of ether oxygens (including phenoxy) is 2. The lowest BCUT2D eigenvalue weighted by atomic mass is 9.96. The second-order valence-corrected chi connectivity index (χ2v) is 6.55. The fraction of sp³-hybridized carbons (Fsp3) is 0.111. The van der Waals surface area contributed by atoms with Gasteiger partial charge in [0.05, 0.1) is 21.8 Å². The minimum absolute atomic E-state index is 0.0524. The molecule has 0 radical (unpaired) electrons. The van der Waals surface area contributed by atoms with Gasteiger partial charge in [-0.3, -0.25) is 4.79 Å². The Bertz CT molecular complexity index is 956. The van der Waals surface area contributed by atoms with E-state index in [-0.39, 0.29) is 12.6 Å². The van der Waals surface area contributed by atoms with Crippen LogP contribution in [0.15, 0.2) is 53.5 Å². The van der Waals surface area contributed by atoms with E-state index in [0.717, 1.165) is 10.3 Å². The highest BCUT2D eigenvalue weighted by atomic mass is 32.1. The van der Waals surface area contributed by atoms with Crippen LogP contribution in [0.3, 0.4) is 0 Å². The summed E-state index contributed by atoms with van der Waals surface area (Å²) in [7, 11) is 0. The van der Waals surface area contributed by atoms with Gasteiger partial charge < -0.3 is 9.47 Å². The summed E-state index contributed by atoms with van der Waals surface area (Å²) in [5.41, 5.74) is 1.85. The summed E-state index contributed by atoms with van der Waals surface area (Å²) >= 11 is 1.62. The van der Waals surface area contributed by atoms with Crippen LogP contribution in [0.5, 0.6) is 5.75 Å². The molecule has 2 aromatic carbocycles. The van der Waals surface area contributed by atoms with Gasteiger partial charge in [0.2, 0.25) is 5.78 Å². The highest BCUT2D eigenvalue weighted by Gasteiger charge is 2.38. The van der Waals surface area contributed by atoms with Crippen molar-refractivity contribution >= 4 is 38.6 Å². The van der Waals surface area contributed by atoms with Crippen molar-refractivity contribution in [2.45, 2.75) is 6.10 Å². The Hall–Kier alpha value is -2.50. The zero-order valence-electron chi connectivity index (χ0n) is 12.0. The maximum atomic E-state index is 12.8. The monoisotopic (exact) mass is 321 g/mol. The van der Waals surface area contributed by atoms with Gasteiger partial charge in [0.15, 0.2) is 12.9 Å². The lowest BCUT2D eigenvalue weighted by molar-refractivity contribution is 0.00562. The van der Waals surface area contributed by atoms with Gasteiger partial charge in [-0.25, -0.2) is 4.99 Å². The molecule has 4 nitrogen and oxygen atoms in total. The third kappa shape index (κ3) is 1.87. The van der Waals surface area contributed by atoms with Gasteiger partial charge in [-0.1, -0.05) is 24.3 Å². The second-order valence-electron chi connectivity index (χ2n) is 5.47. The van der Waals surface area contributed by atoms with Crippen LogP contribution in [-0.4, -0.2) is 24.4 Å². The predicted octanol–water partition coefficient (Wildman–Crippen LogP) is 3.95. The van der Waals surface area contributed by atoms with E-state index in [1.807, 2.05) is 24.3 Å². The zero-order chi connectivity index (χ0) is 15.4. The first-order chi connectivity index (χ1) is 11.3. The molecule has 23 heavy (non-hydrogen) atoms. The average Bonchev–Trinajstić information content (AvgIpc) is 2.94. The molecular formula is C18H11NO3S. The summed E-state index contributed by atoms with van der Waals surface area (Å²) in [4.78, 5) is 18.5. The molecule has 1 unspecified atom stereocenters. The lowest BCUT2D eigenvalue weighted by Gasteiger charge is -2.20. The molecule has 2 bridgehead atoms. The van der Waals surface area contributed by atoms with E-state index in [1.165, 1.54) is 4.70 Å². The van der Waals surface area contributed by atoms with Crippen molar-refractivity contribution in [2.24, 2.45) is 4.99 Å². The normalized spacial score (nSPS) is 19.2. The average molecular weight is 321 g/mol. The van der Waals surface area contributed by atoms with Crippen LogP contribution in [0, 0.1) is 0 Å². The predicted molar refractivity (Wildman–Crippen MR) is 89.2 cm³/mol. The molecule has 0 saturated heterocycles. The van der Waals surface area contributed by atoms with Crippen molar-refractivity contribution in [3.8, 4) is 5.75 Å². The molecule has 2 aliphatic rings. The van der Waals surface area contributed by atoms with Gasteiger partial charge in [0.1, 0.15) is 5.75 Å². The number of hydrogen-bond acceptors (Lipinski definition) is 5. The maximum absolute atomic E-state index is 12.8. The van der Waals surface area contributed by atoms with Crippen LogP contribution in [0.2, 0.25) is 0 Å². The summed E-state index contributed by atoms with van der Waals surface area (Å²) in [6, 6.07) is 15.7. The third-order valence-corrected chi connectivity index (χ3v) is 5.24. The fourth-order valence-electron chi connectivity index (χ4n) is 3.04. The Morgan fingerprint density at radius 3 is 2.96 bits per heavy atom. The van der Waals surface area contributed by atoms with Gasteiger partial charge in [-0.15, -0.1) is 11.3 Å². The van der Waals surface area contributed by atoms with Crippen LogP contribution in [-0.2, 0) is 4.74 Å². The number of hydrogen-bond donors (Lipinski definition) is 0. The number of fused-ring (bicyclic) bond motifs is 2. The molecule has 1 aromatic heterocycles. The molecule has 0 fully saturated rings. The smallest absolute Gasteiger partial charge is 0.203 e. The molecule has 1 atom stereocenters. The first-order valence-electron chi connectivity index (χ1n) is 7.30. The Kier molecular flexibility index (Phi) is 2.68. The van der Waals surface area contributed by atoms with Gasteiger partial charge >= 0.3 is 0 Å². The van der Waals surface area contributed by atoms with Crippen LogP contribution in [0.25, 0.3) is 10.1 Å². The third-order valence-electron chi connectivity index (χ3n) is 4.11. The van der Waals surface area contributed by atoms with Gasteiger partial charge in [0.25, 0.3) is 0 Å². The molecular weight excluding hydrogens is 310 g/mol. The Balaban J connectivity index is 1.75. The molecule has 3 heterocycles. The fourth-order valence-corrected chi connectivity index (χ4v) is 4.11. The van der Waals surface area contributed by atoms with Gasteiger partial charge in [-0.2, -0.15) is 0 Å². The molecule has 5 rings (SSSR count). The molecule has 112 valence electrons. The number of benzene rings is 2. The maximum Gasteiger partial charge on any atom is 0.203 e. The number of aliphatic imine (C=N–C) groups is 1. The Labute approximate surface area is 136 Å². The minimum atomic E-state index is -0.695. The quantitative estimate of drug-likeness (QED) is 0.682. The summed E-state index contributed by atoms with van der Waals surface area (Å²) in [6.07, 6.45) is -0.695. The number of ketones is 1. The largest absolute Gasteiger partial charge is 0.467 e. The zero-order valence-corrected chi connectivity index (χ0v) is 12.8. The summed E-state index contributed by atoms with van der Waals surface area (Å²) in [6.45, 7) is 0.0524. The standard InChI is InChI=1S/C18H11NO3S/c20-17-15-11-5-3-6-12(15)21-9-22-18(17)16(19-11)14-8-10-4-1-2-7-13(10)23-14/h1-8,18H,9H2. The molecule has 0 amide bonds. The molecule has 3 aromatic rings. The highest BCUT2D eigenvalue weighted by molar-refractivity contribution is 7.21. The molecule has 0 saturated carbocycles. The summed E-state index contributed by atoms with van der Waals surface area (Å²) in [5, 5.41) is 1.15. The van der Waals surface area contributed by atoms with E-state index >= 15 is 0 Å². The van der Waals surface area contributed by atoms with E-state index in [1.54, 1.807) is 17.4 Å². The summed E-state index contributed by atoms with van der Waals surface area (Å²) in [5.74, 6) is 0.477. The number of thiophene rings is 1. The number of Topliss-reactive ketones (excluding diaryl/α,β-unsaturated/α-hetero) is 1. The SMILES string of the molecule is O=C1c2c3cccc2OCOC1C(c1cc2ccccc2s1)=N3. The van der Waals surface area contributed by atoms with Crippen LogP contribution in [0.1, 0.15) is 15.2 Å². The van der Waals surface area contributed by atoms with Crippen LogP contribution >= 0.6 is 11.3 Å². The van der Waals surface area contributed by atoms with Crippen molar-refractivity contribution in [1.82, 2.24) is 0 Å². The van der Waals surface area contributed by atoms with E-state index in [2.05, 4.69) is 18.2 Å². The topological polar surface area (TPSA) is 47.9 Å². The number of rotatable bonds is 1. The first-order valence-corrected chi connectivity index (χ1v) is 8.12.